The molecule has 1 heterocycles. The van der Waals surface area contributed by atoms with E-state index in [0.717, 1.165) is 0 Å². The summed E-state index contributed by atoms with van der Waals surface area (Å²) in [5.74, 6) is -4.77. The van der Waals surface area contributed by atoms with Crippen LogP contribution in [0.5, 0.6) is 6.01 Å². The van der Waals surface area contributed by atoms with E-state index in [1.54, 1.807) is 18.9 Å². The predicted octanol–water partition coefficient (Wildman–Crippen LogP) is 3.49. The highest BCUT2D eigenvalue weighted by Gasteiger charge is 2.42. The summed E-state index contributed by atoms with van der Waals surface area (Å²) in [7, 11) is 1.63. The van der Waals surface area contributed by atoms with Crippen LogP contribution in [0, 0.1) is 5.82 Å². The van der Waals surface area contributed by atoms with Gasteiger partial charge < -0.3 is 15.0 Å². The van der Waals surface area contributed by atoms with E-state index in [1.165, 1.54) is 24.3 Å². The number of aromatic nitrogens is 3. The van der Waals surface area contributed by atoms with Crippen LogP contribution in [0.4, 0.5) is 39.5 Å². The molecule has 2 aromatic rings. The zero-order valence-corrected chi connectivity index (χ0v) is 13.9. The molecule has 0 unspecified atom stereocenters. The van der Waals surface area contributed by atoms with Gasteiger partial charge in [-0.2, -0.15) is 23.7 Å². The standard InChI is InChI=1S/C15H16F5N5O/c1-3-25(2)13-22-12(21-10-6-4-9(16)5-7-10)23-14(24-13)26-8-15(19,20)11(17)18/h4-7,11H,3,8H2,1-2H3,(H,21,22,23,24). The van der Waals surface area contributed by atoms with E-state index in [1.807, 2.05) is 0 Å². The van der Waals surface area contributed by atoms with Crippen molar-refractivity contribution in [1.29, 1.82) is 0 Å². The molecule has 1 N–H and O–H groups in total. The Labute approximate surface area is 146 Å². The van der Waals surface area contributed by atoms with Gasteiger partial charge in [0.25, 0.3) is 0 Å². The maximum atomic E-state index is 13.0. The maximum Gasteiger partial charge on any atom is 0.340 e. The Hall–Kier alpha value is -2.72. The first-order chi connectivity index (χ1) is 12.2. The minimum Gasteiger partial charge on any atom is -0.457 e. The molecular weight excluding hydrogens is 361 g/mol. The zero-order valence-electron chi connectivity index (χ0n) is 13.9. The fraction of sp³-hybridized carbons (Fsp3) is 0.400. The van der Waals surface area contributed by atoms with Crippen LogP contribution in [0.15, 0.2) is 24.3 Å². The summed E-state index contributed by atoms with van der Waals surface area (Å²) in [4.78, 5) is 13.3. The van der Waals surface area contributed by atoms with Crippen molar-refractivity contribution < 1.29 is 26.7 Å². The number of anilines is 3. The first-order valence-corrected chi connectivity index (χ1v) is 7.50. The van der Waals surface area contributed by atoms with Crippen molar-refractivity contribution in [3.05, 3.63) is 30.1 Å². The van der Waals surface area contributed by atoms with Crippen LogP contribution in [-0.2, 0) is 0 Å². The van der Waals surface area contributed by atoms with Crippen molar-refractivity contribution in [2.75, 3.05) is 30.4 Å². The third kappa shape index (κ3) is 5.14. The molecule has 2 rings (SSSR count). The Balaban J connectivity index is 2.25. The Bertz CT molecular complexity index is 729. The number of alkyl halides is 4. The summed E-state index contributed by atoms with van der Waals surface area (Å²) in [6, 6.07) is 4.67. The monoisotopic (exact) mass is 377 g/mol. The highest BCUT2D eigenvalue weighted by Crippen LogP contribution is 2.24. The van der Waals surface area contributed by atoms with Gasteiger partial charge in [-0.15, -0.1) is 0 Å². The average molecular weight is 377 g/mol. The molecule has 0 saturated heterocycles. The third-order valence-corrected chi connectivity index (χ3v) is 3.23. The number of nitrogens with zero attached hydrogens (tertiary/aromatic N) is 4. The van der Waals surface area contributed by atoms with Crippen molar-refractivity contribution in [2.45, 2.75) is 19.3 Å². The van der Waals surface area contributed by atoms with Crippen molar-refractivity contribution >= 4 is 17.6 Å². The Kier molecular flexibility index (Phi) is 6.11. The second kappa shape index (κ2) is 8.11. The SMILES string of the molecule is CCN(C)c1nc(Nc2ccc(F)cc2)nc(OCC(F)(F)C(F)F)n1. The molecule has 0 spiro atoms. The third-order valence-electron chi connectivity index (χ3n) is 3.23. The van der Waals surface area contributed by atoms with Crippen molar-refractivity contribution in [2.24, 2.45) is 0 Å². The van der Waals surface area contributed by atoms with E-state index in [-0.39, 0.29) is 11.9 Å². The van der Waals surface area contributed by atoms with Crippen molar-refractivity contribution in [3.63, 3.8) is 0 Å². The lowest BCUT2D eigenvalue weighted by Gasteiger charge is -2.18. The van der Waals surface area contributed by atoms with Crippen LogP contribution in [0.1, 0.15) is 6.92 Å². The van der Waals surface area contributed by atoms with Gasteiger partial charge in [-0.3, -0.25) is 0 Å². The number of hydrogen-bond donors (Lipinski definition) is 1. The number of rotatable bonds is 8. The molecule has 0 aliphatic carbocycles. The molecule has 0 atom stereocenters. The number of benzene rings is 1. The molecule has 0 saturated carbocycles. The molecule has 142 valence electrons. The quantitative estimate of drug-likeness (QED) is 0.711. The van der Waals surface area contributed by atoms with Gasteiger partial charge in [0.05, 0.1) is 0 Å². The number of ether oxygens (including phenoxy) is 1. The van der Waals surface area contributed by atoms with Gasteiger partial charge >= 0.3 is 18.4 Å². The van der Waals surface area contributed by atoms with E-state index < -0.39 is 30.8 Å². The summed E-state index contributed by atoms with van der Waals surface area (Å²) in [5.41, 5.74) is 0.423. The molecule has 0 aliphatic heterocycles. The van der Waals surface area contributed by atoms with Gasteiger partial charge in [-0.1, -0.05) is 0 Å². The van der Waals surface area contributed by atoms with Crippen LogP contribution < -0.4 is 15.0 Å². The number of hydrogen-bond acceptors (Lipinski definition) is 6. The zero-order chi connectivity index (χ0) is 19.3. The lowest BCUT2D eigenvalue weighted by Crippen LogP contribution is -2.34. The van der Waals surface area contributed by atoms with Crippen LogP contribution in [0.25, 0.3) is 0 Å². The van der Waals surface area contributed by atoms with Crippen LogP contribution in [-0.4, -0.2) is 47.5 Å². The summed E-state index contributed by atoms with van der Waals surface area (Å²) in [5, 5.41) is 2.74. The van der Waals surface area contributed by atoms with Gasteiger partial charge in [-0.05, 0) is 31.2 Å². The van der Waals surface area contributed by atoms with Gasteiger partial charge in [0.1, 0.15) is 5.82 Å². The molecular formula is C15H16F5N5O. The Morgan fingerprint density at radius 1 is 1.15 bits per heavy atom. The second-order valence-corrected chi connectivity index (χ2v) is 5.24. The summed E-state index contributed by atoms with van der Waals surface area (Å²) in [6.45, 7) is 0.689. The van der Waals surface area contributed by atoms with E-state index in [9.17, 15) is 22.0 Å². The van der Waals surface area contributed by atoms with Gasteiger partial charge in [0.15, 0.2) is 6.61 Å². The average Bonchev–Trinajstić information content (AvgIpc) is 2.61. The number of halogens is 5. The van der Waals surface area contributed by atoms with Crippen molar-refractivity contribution in [3.8, 4) is 6.01 Å². The predicted molar refractivity (Wildman–Crippen MR) is 84.9 cm³/mol. The van der Waals surface area contributed by atoms with Crippen LogP contribution in [0.3, 0.4) is 0 Å². The Morgan fingerprint density at radius 3 is 2.38 bits per heavy atom. The summed E-state index contributed by atoms with van der Waals surface area (Å²) < 4.78 is 68.2. The maximum absolute atomic E-state index is 13.0. The molecule has 1 aromatic heterocycles. The van der Waals surface area contributed by atoms with E-state index in [4.69, 9.17) is 0 Å². The molecule has 0 fully saturated rings. The minimum absolute atomic E-state index is 0.0720. The summed E-state index contributed by atoms with van der Waals surface area (Å²) in [6.07, 6.45) is -3.88. The Morgan fingerprint density at radius 2 is 1.81 bits per heavy atom. The van der Waals surface area contributed by atoms with E-state index in [0.29, 0.717) is 12.2 Å². The largest absolute Gasteiger partial charge is 0.457 e. The second-order valence-electron chi connectivity index (χ2n) is 5.24. The lowest BCUT2D eigenvalue weighted by atomic mass is 10.3. The molecule has 26 heavy (non-hydrogen) atoms. The van der Waals surface area contributed by atoms with Crippen LogP contribution in [0.2, 0.25) is 0 Å². The van der Waals surface area contributed by atoms with Crippen molar-refractivity contribution in [1.82, 2.24) is 15.0 Å². The lowest BCUT2D eigenvalue weighted by molar-refractivity contribution is -0.149. The molecule has 0 bridgehead atoms. The highest BCUT2D eigenvalue weighted by atomic mass is 19.3. The van der Waals surface area contributed by atoms with Gasteiger partial charge in [0.2, 0.25) is 11.9 Å². The molecule has 0 aliphatic rings. The topological polar surface area (TPSA) is 63.2 Å². The normalized spacial score (nSPS) is 11.5. The fourth-order valence-corrected chi connectivity index (χ4v) is 1.66. The fourth-order valence-electron chi connectivity index (χ4n) is 1.66. The first kappa shape index (κ1) is 19.6. The molecule has 0 radical (unpaired) electrons. The molecule has 0 amide bonds. The number of nitrogens with one attached hydrogen (secondary N) is 1. The molecule has 11 heteroatoms. The molecule has 6 nitrogen and oxygen atoms in total. The van der Waals surface area contributed by atoms with Gasteiger partial charge in [0, 0.05) is 19.3 Å². The summed E-state index contributed by atoms with van der Waals surface area (Å²) >= 11 is 0. The van der Waals surface area contributed by atoms with Crippen LogP contribution >= 0.6 is 0 Å². The molecule has 1 aromatic carbocycles. The van der Waals surface area contributed by atoms with Gasteiger partial charge in [-0.25, -0.2) is 13.2 Å². The van der Waals surface area contributed by atoms with E-state index in [2.05, 4.69) is 25.0 Å². The minimum atomic E-state index is -4.34. The van der Waals surface area contributed by atoms with E-state index >= 15 is 0 Å². The first-order valence-electron chi connectivity index (χ1n) is 7.50. The highest BCUT2D eigenvalue weighted by molar-refractivity contribution is 5.54. The smallest absolute Gasteiger partial charge is 0.340 e.